The van der Waals surface area contributed by atoms with E-state index < -0.39 is 36.3 Å². The second kappa shape index (κ2) is 4.14. The minimum Gasteiger partial charge on any atom is -0.472 e. The van der Waals surface area contributed by atoms with Gasteiger partial charge >= 0.3 is 5.97 Å². The zero-order valence-corrected chi connectivity index (χ0v) is 9.24. The average molecular weight is 242 g/mol. The van der Waals surface area contributed by atoms with E-state index >= 15 is 0 Å². The Morgan fingerprint density at radius 1 is 1.65 bits per heavy atom. The Kier molecular flexibility index (Phi) is 2.94. The molecule has 6 nitrogen and oxygen atoms in total. The molecule has 2 aliphatic rings. The van der Waals surface area contributed by atoms with Gasteiger partial charge in [0.1, 0.15) is 5.60 Å². The van der Waals surface area contributed by atoms with Crippen molar-refractivity contribution in [3.05, 3.63) is 24.0 Å². The molecule has 6 heteroatoms. The molecule has 2 rings (SSSR count). The minimum atomic E-state index is -1.59. The normalized spacial score (nSPS) is 39.3. The number of esters is 1. The van der Waals surface area contributed by atoms with Crippen LogP contribution < -0.4 is 0 Å². The lowest BCUT2D eigenvalue weighted by atomic mass is 9.79. The molecule has 0 bridgehead atoms. The van der Waals surface area contributed by atoms with Crippen molar-refractivity contribution < 1.29 is 29.6 Å². The van der Waals surface area contributed by atoms with Crippen molar-refractivity contribution in [1.82, 2.24) is 0 Å². The van der Waals surface area contributed by atoms with Gasteiger partial charge < -0.3 is 24.8 Å². The summed E-state index contributed by atoms with van der Waals surface area (Å²) in [6.07, 6.45) is 2.79. The first kappa shape index (κ1) is 12.1. The van der Waals surface area contributed by atoms with Crippen LogP contribution >= 0.6 is 0 Å². The van der Waals surface area contributed by atoms with Crippen LogP contribution in [0, 0.1) is 11.8 Å². The van der Waals surface area contributed by atoms with Crippen LogP contribution in [0.1, 0.15) is 0 Å². The van der Waals surface area contributed by atoms with Crippen LogP contribution in [0.2, 0.25) is 0 Å². The van der Waals surface area contributed by atoms with Gasteiger partial charge in [0, 0.05) is 5.92 Å². The van der Waals surface area contributed by atoms with E-state index in [0.717, 1.165) is 6.26 Å². The SMILES string of the molecule is COC(=O)C1=COC(O)C2C1C=CC2(O)CO. The van der Waals surface area contributed by atoms with Crippen LogP contribution in [-0.4, -0.2) is 46.9 Å². The van der Waals surface area contributed by atoms with Crippen molar-refractivity contribution in [2.45, 2.75) is 11.9 Å². The Morgan fingerprint density at radius 3 is 2.94 bits per heavy atom. The van der Waals surface area contributed by atoms with Gasteiger partial charge in [-0.2, -0.15) is 0 Å². The molecule has 0 saturated heterocycles. The summed E-state index contributed by atoms with van der Waals surface area (Å²) >= 11 is 0. The maximum atomic E-state index is 11.5. The molecule has 0 spiro atoms. The predicted molar refractivity (Wildman–Crippen MR) is 55.3 cm³/mol. The number of hydrogen-bond donors (Lipinski definition) is 3. The summed E-state index contributed by atoms with van der Waals surface area (Å²) in [6, 6.07) is 0. The molecule has 17 heavy (non-hydrogen) atoms. The summed E-state index contributed by atoms with van der Waals surface area (Å²) in [6.45, 7) is -0.556. The molecule has 0 amide bonds. The lowest BCUT2D eigenvalue weighted by molar-refractivity contribution is -0.171. The topological polar surface area (TPSA) is 96.2 Å². The summed E-state index contributed by atoms with van der Waals surface area (Å²) in [5.74, 6) is -1.92. The van der Waals surface area contributed by atoms with Gasteiger partial charge in [0.25, 0.3) is 0 Å². The van der Waals surface area contributed by atoms with Crippen molar-refractivity contribution in [1.29, 1.82) is 0 Å². The Labute approximate surface area is 97.8 Å². The molecule has 4 atom stereocenters. The number of carbonyl (C=O) groups is 1. The zero-order chi connectivity index (χ0) is 12.6. The molecule has 1 aliphatic carbocycles. The number of hydrogen-bond acceptors (Lipinski definition) is 6. The largest absolute Gasteiger partial charge is 0.472 e. The third-order valence-corrected chi connectivity index (χ3v) is 3.23. The Balaban J connectivity index is 2.34. The second-order valence-electron chi connectivity index (χ2n) is 4.15. The first-order valence-electron chi connectivity index (χ1n) is 5.18. The smallest absolute Gasteiger partial charge is 0.337 e. The fourth-order valence-corrected chi connectivity index (χ4v) is 2.30. The molecule has 1 aliphatic heterocycles. The van der Waals surface area contributed by atoms with E-state index in [1.807, 2.05) is 0 Å². The number of aliphatic hydroxyl groups excluding tert-OH is 2. The molecule has 0 aromatic carbocycles. The van der Waals surface area contributed by atoms with Crippen LogP contribution in [0.3, 0.4) is 0 Å². The predicted octanol–water partition coefficient (Wildman–Crippen LogP) is -1.08. The van der Waals surface area contributed by atoms with Gasteiger partial charge in [0.15, 0.2) is 0 Å². The third kappa shape index (κ3) is 1.74. The highest BCUT2D eigenvalue weighted by atomic mass is 16.6. The average Bonchev–Trinajstić information content (AvgIpc) is 2.69. The molecule has 4 unspecified atom stereocenters. The number of allylic oxidation sites excluding steroid dienone is 1. The Bertz CT molecular complexity index is 387. The molecule has 0 aromatic rings. The molecule has 1 heterocycles. The molecule has 3 N–H and O–H groups in total. The molecular weight excluding hydrogens is 228 g/mol. The molecular formula is C11H14O6. The second-order valence-corrected chi connectivity index (χ2v) is 4.15. The standard InChI is InChI=1S/C11H14O6/c1-16-9(13)7-4-17-10(14)8-6(7)2-3-11(8,15)5-12/h2-4,6,8,10,12,14-15H,5H2,1H3. The van der Waals surface area contributed by atoms with Gasteiger partial charge in [0.2, 0.25) is 6.29 Å². The number of aliphatic hydroxyl groups is 3. The van der Waals surface area contributed by atoms with E-state index in [9.17, 15) is 15.0 Å². The van der Waals surface area contributed by atoms with Crippen molar-refractivity contribution >= 4 is 5.97 Å². The van der Waals surface area contributed by atoms with Crippen molar-refractivity contribution in [3.63, 3.8) is 0 Å². The highest BCUT2D eigenvalue weighted by Gasteiger charge is 2.52. The van der Waals surface area contributed by atoms with Crippen molar-refractivity contribution in [3.8, 4) is 0 Å². The van der Waals surface area contributed by atoms with Crippen LogP contribution in [-0.2, 0) is 14.3 Å². The summed E-state index contributed by atoms with van der Waals surface area (Å²) < 4.78 is 9.49. The highest BCUT2D eigenvalue weighted by Crippen LogP contribution is 2.43. The first-order valence-corrected chi connectivity index (χ1v) is 5.18. The Hall–Kier alpha value is -1.37. The van der Waals surface area contributed by atoms with Crippen LogP contribution in [0.25, 0.3) is 0 Å². The molecule has 0 saturated carbocycles. The van der Waals surface area contributed by atoms with Crippen molar-refractivity contribution in [2.24, 2.45) is 11.8 Å². The van der Waals surface area contributed by atoms with Gasteiger partial charge in [-0.15, -0.1) is 0 Å². The van der Waals surface area contributed by atoms with Gasteiger partial charge in [-0.25, -0.2) is 4.79 Å². The van der Waals surface area contributed by atoms with E-state index in [-0.39, 0.29) is 5.57 Å². The number of rotatable bonds is 2. The summed E-state index contributed by atoms with van der Waals surface area (Å²) in [5, 5.41) is 28.9. The van der Waals surface area contributed by atoms with Gasteiger partial charge in [0.05, 0.1) is 31.5 Å². The summed E-state index contributed by atoms with van der Waals surface area (Å²) in [7, 11) is 1.24. The van der Waals surface area contributed by atoms with Gasteiger partial charge in [-0.05, 0) is 0 Å². The maximum absolute atomic E-state index is 11.5. The first-order chi connectivity index (χ1) is 8.03. The number of fused-ring (bicyclic) bond motifs is 1. The molecule has 0 radical (unpaired) electrons. The van der Waals surface area contributed by atoms with Gasteiger partial charge in [-0.3, -0.25) is 0 Å². The lowest BCUT2D eigenvalue weighted by Gasteiger charge is -2.37. The van der Waals surface area contributed by atoms with E-state index in [1.165, 1.54) is 13.2 Å². The van der Waals surface area contributed by atoms with Crippen LogP contribution in [0.5, 0.6) is 0 Å². The molecule has 0 fully saturated rings. The van der Waals surface area contributed by atoms with E-state index in [2.05, 4.69) is 4.74 Å². The lowest BCUT2D eigenvalue weighted by Crippen LogP contribution is -2.48. The monoisotopic (exact) mass is 242 g/mol. The number of methoxy groups -OCH3 is 1. The van der Waals surface area contributed by atoms with Crippen molar-refractivity contribution in [2.75, 3.05) is 13.7 Å². The zero-order valence-electron chi connectivity index (χ0n) is 9.24. The number of carbonyl (C=O) groups excluding carboxylic acids is 1. The van der Waals surface area contributed by atoms with Crippen LogP contribution in [0.4, 0.5) is 0 Å². The van der Waals surface area contributed by atoms with E-state index in [1.54, 1.807) is 6.08 Å². The maximum Gasteiger partial charge on any atom is 0.337 e. The highest BCUT2D eigenvalue weighted by molar-refractivity contribution is 5.89. The molecule has 94 valence electrons. The third-order valence-electron chi connectivity index (χ3n) is 3.23. The van der Waals surface area contributed by atoms with Crippen LogP contribution in [0.15, 0.2) is 24.0 Å². The van der Waals surface area contributed by atoms with E-state index in [4.69, 9.17) is 9.84 Å². The number of ether oxygens (including phenoxy) is 2. The summed E-state index contributed by atoms with van der Waals surface area (Å²) in [5.41, 5.74) is -1.37. The molecule has 0 aromatic heterocycles. The fraction of sp³-hybridized carbons (Fsp3) is 0.545. The van der Waals surface area contributed by atoms with E-state index in [0.29, 0.717) is 0 Å². The fourth-order valence-electron chi connectivity index (χ4n) is 2.30. The Morgan fingerprint density at radius 2 is 2.35 bits per heavy atom. The quantitative estimate of drug-likeness (QED) is 0.421. The summed E-state index contributed by atoms with van der Waals surface area (Å²) in [4.78, 5) is 11.5. The van der Waals surface area contributed by atoms with Gasteiger partial charge in [-0.1, -0.05) is 12.2 Å². The minimum absolute atomic E-state index is 0.212.